The zero-order valence-corrected chi connectivity index (χ0v) is 13.3. The molecule has 0 saturated heterocycles. The van der Waals surface area contributed by atoms with E-state index >= 15 is 0 Å². The van der Waals surface area contributed by atoms with Crippen LogP contribution in [0.1, 0.15) is 12.0 Å². The van der Waals surface area contributed by atoms with Crippen molar-refractivity contribution in [2.45, 2.75) is 18.1 Å². The van der Waals surface area contributed by atoms with Gasteiger partial charge >= 0.3 is 5.69 Å². The van der Waals surface area contributed by atoms with Crippen LogP contribution in [0.3, 0.4) is 0 Å². The van der Waals surface area contributed by atoms with E-state index in [0.29, 0.717) is 29.4 Å². The summed E-state index contributed by atoms with van der Waals surface area (Å²) < 4.78 is 1.58. The Morgan fingerprint density at radius 1 is 1.22 bits per heavy atom. The number of hydrogen-bond donors (Lipinski definition) is 3. The Labute approximate surface area is 137 Å². The Kier molecular flexibility index (Phi) is 4.63. The van der Waals surface area contributed by atoms with Gasteiger partial charge in [-0.1, -0.05) is 42.1 Å². The summed E-state index contributed by atoms with van der Waals surface area (Å²) in [7, 11) is 0. The molecule has 7 nitrogen and oxygen atoms in total. The average Bonchev–Trinajstić information content (AvgIpc) is 2.86. The third-order valence-corrected chi connectivity index (χ3v) is 4.33. The molecule has 0 radical (unpaired) electrons. The zero-order valence-electron chi connectivity index (χ0n) is 12.5. The summed E-state index contributed by atoms with van der Waals surface area (Å²) in [5, 5.41) is 0.560. The van der Waals surface area contributed by atoms with Gasteiger partial charge in [-0.2, -0.15) is 0 Å². The Bertz CT molecular complexity index is 858. The van der Waals surface area contributed by atoms with Crippen molar-refractivity contribution in [1.82, 2.24) is 19.5 Å². The van der Waals surface area contributed by atoms with E-state index in [9.17, 15) is 4.79 Å². The maximum Gasteiger partial charge on any atom is 0.328 e. The van der Waals surface area contributed by atoms with E-state index in [1.807, 2.05) is 30.3 Å². The Balaban J connectivity index is 2.00. The Hall–Kier alpha value is -2.32. The molecule has 1 aromatic carbocycles. The van der Waals surface area contributed by atoms with Gasteiger partial charge in [0.2, 0.25) is 0 Å². The maximum atomic E-state index is 12.2. The molecular formula is C15H18N6OS. The van der Waals surface area contributed by atoms with E-state index in [2.05, 4.69) is 15.0 Å². The first-order valence-corrected chi connectivity index (χ1v) is 8.30. The molecule has 3 aromatic rings. The predicted octanol–water partition coefficient (Wildman–Crippen LogP) is 1.19. The van der Waals surface area contributed by atoms with Crippen molar-refractivity contribution in [3.05, 3.63) is 46.4 Å². The molecule has 0 bridgehead atoms. The summed E-state index contributed by atoms with van der Waals surface area (Å²) in [6.07, 6.45) is 0.871. The van der Waals surface area contributed by atoms with Crippen LogP contribution in [0, 0.1) is 0 Å². The molecule has 0 unspecified atom stereocenters. The largest absolute Gasteiger partial charge is 0.382 e. The molecule has 5 N–H and O–H groups in total. The molecular weight excluding hydrogens is 312 g/mol. The number of fused-ring (bicyclic) bond motifs is 1. The molecule has 0 saturated carbocycles. The lowest BCUT2D eigenvalue weighted by atomic mass is 10.2. The van der Waals surface area contributed by atoms with Crippen LogP contribution in [0.2, 0.25) is 0 Å². The molecule has 0 amide bonds. The third kappa shape index (κ3) is 3.38. The third-order valence-electron chi connectivity index (χ3n) is 3.39. The highest BCUT2D eigenvalue weighted by atomic mass is 32.2. The van der Waals surface area contributed by atoms with Gasteiger partial charge in [0.1, 0.15) is 5.52 Å². The van der Waals surface area contributed by atoms with Crippen molar-refractivity contribution in [3.8, 4) is 0 Å². The van der Waals surface area contributed by atoms with Gasteiger partial charge in [0.15, 0.2) is 16.6 Å². The van der Waals surface area contributed by atoms with Gasteiger partial charge < -0.3 is 16.5 Å². The molecule has 3 rings (SSSR count). The molecule has 0 atom stereocenters. The van der Waals surface area contributed by atoms with Gasteiger partial charge in [0.25, 0.3) is 0 Å². The molecule has 0 aliphatic heterocycles. The molecule has 0 aliphatic carbocycles. The van der Waals surface area contributed by atoms with E-state index in [1.165, 1.54) is 11.8 Å². The number of anilines is 1. The smallest absolute Gasteiger partial charge is 0.328 e. The van der Waals surface area contributed by atoms with Crippen molar-refractivity contribution in [1.29, 1.82) is 0 Å². The van der Waals surface area contributed by atoms with E-state index < -0.39 is 0 Å². The quantitative estimate of drug-likeness (QED) is 0.355. The fourth-order valence-electron chi connectivity index (χ4n) is 2.25. The van der Waals surface area contributed by atoms with E-state index in [0.717, 1.165) is 17.7 Å². The molecule has 0 spiro atoms. The lowest BCUT2D eigenvalue weighted by Crippen LogP contribution is -2.17. The number of rotatable bonds is 6. The molecule has 2 aromatic heterocycles. The van der Waals surface area contributed by atoms with Crippen LogP contribution in [0.25, 0.3) is 11.2 Å². The number of nitrogens with zero attached hydrogens (tertiary/aromatic N) is 3. The fraction of sp³-hybridized carbons (Fsp3) is 0.267. The second-order valence-corrected chi connectivity index (χ2v) is 6.14. The lowest BCUT2D eigenvalue weighted by Gasteiger charge is -2.05. The second-order valence-electron chi connectivity index (χ2n) is 5.08. The number of hydrogen-bond acceptors (Lipinski definition) is 6. The van der Waals surface area contributed by atoms with Crippen LogP contribution in [0.15, 0.2) is 40.3 Å². The predicted molar refractivity (Wildman–Crippen MR) is 92.5 cm³/mol. The van der Waals surface area contributed by atoms with Crippen LogP contribution in [0.4, 0.5) is 5.82 Å². The van der Waals surface area contributed by atoms with Gasteiger partial charge in [-0.15, -0.1) is 0 Å². The highest BCUT2D eigenvalue weighted by Gasteiger charge is 2.14. The summed E-state index contributed by atoms with van der Waals surface area (Å²) >= 11 is 1.49. The summed E-state index contributed by atoms with van der Waals surface area (Å²) in [6, 6.07) is 9.74. The first-order valence-electron chi connectivity index (χ1n) is 7.32. The minimum absolute atomic E-state index is 0.242. The highest BCUT2D eigenvalue weighted by molar-refractivity contribution is 7.99. The van der Waals surface area contributed by atoms with Crippen molar-refractivity contribution in [3.63, 3.8) is 0 Å². The number of aromatic nitrogens is 4. The lowest BCUT2D eigenvalue weighted by molar-refractivity contribution is 0.771. The van der Waals surface area contributed by atoms with Crippen molar-refractivity contribution in [2.24, 2.45) is 5.73 Å². The van der Waals surface area contributed by atoms with Crippen LogP contribution in [0.5, 0.6) is 0 Å². The Morgan fingerprint density at radius 2 is 2.00 bits per heavy atom. The van der Waals surface area contributed by atoms with E-state index in [1.54, 1.807) is 4.57 Å². The Morgan fingerprint density at radius 3 is 2.74 bits per heavy atom. The fourth-order valence-corrected chi connectivity index (χ4v) is 3.06. The molecule has 8 heteroatoms. The minimum Gasteiger partial charge on any atom is -0.382 e. The monoisotopic (exact) mass is 330 g/mol. The SMILES string of the molecule is NCCCSc1nc(N)c2[nH]c(=O)n(Cc3ccccc3)c2n1. The summed E-state index contributed by atoms with van der Waals surface area (Å²) in [4.78, 5) is 23.7. The van der Waals surface area contributed by atoms with Crippen molar-refractivity contribution < 1.29 is 0 Å². The molecule has 2 heterocycles. The normalized spacial score (nSPS) is 11.2. The number of imidazole rings is 1. The summed E-state index contributed by atoms with van der Waals surface area (Å²) in [5.74, 6) is 1.10. The summed E-state index contributed by atoms with van der Waals surface area (Å²) in [5.41, 5.74) is 13.2. The van der Waals surface area contributed by atoms with Gasteiger partial charge in [0, 0.05) is 5.75 Å². The molecule has 23 heavy (non-hydrogen) atoms. The van der Waals surface area contributed by atoms with Gasteiger partial charge in [0.05, 0.1) is 6.54 Å². The second kappa shape index (κ2) is 6.84. The number of thioether (sulfide) groups is 1. The zero-order chi connectivity index (χ0) is 16.2. The highest BCUT2D eigenvalue weighted by Crippen LogP contribution is 2.21. The van der Waals surface area contributed by atoms with Gasteiger partial charge in [-0.25, -0.2) is 14.8 Å². The number of nitrogens with one attached hydrogen (secondary N) is 1. The van der Waals surface area contributed by atoms with Crippen molar-refractivity contribution >= 4 is 28.7 Å². The van der Waals surface area contributed by atoms with Crippen LogP contribution < -0.4 is 17.2 Å². The average molecular weight is 330 g/mol. The van der Waals surface area contributed by atoms with Crippen LogP contribution in [-0.4, -0.2) is 31.8 Å². The maximum absolute atomic E-state index is 12.2. The number of benzene rings is 1. The van der Waals surface area contributed by atoms with Gasteiger partial charge in [-0.05, 0) is 18.5 Å². The van der Waals surface area contributed by atoms with E-state index in [4.69, 9.17) is 11.5 Å². The topological polar surface area (TPSA) is 116 Å². The number of nitrogens with two attached hydrogens (primary N) is 2. The first-order chi connectivity index (χ1) is 11.2. The molecule has 0 aliphatic rings. The standard InChI is InChI=1S/C15H18N6OS/c16-7-4-8-23-14-19-12(17)11-13(20-14)21(15(22)18-11)9-10-5-2-1-3-6-10/h1-3,5-6H,4,7-9,16H2,(H,18,22)(H2,17,19,20). The minimum atomic E-state index is -0.242. The van der Waals surface area contributed by atoms with E-state index in [-0.39, 0.29) is 11.5 Å². The number of nitrogen functional groups attached to an aromatic ring is 1. The number of aromatic amines is 1. The van der Waals surface area contributed by atoms with Crippen LogP contribution >= 0.6 is 11.8 Å². The summed E-state index contributed by atoms with van der Waals surface area (Å²) in [6.45, 7) is 1.05. The van der Waals surface area contributed by atoms with Crippen molar-refractivity contribution in [2.75, 3.05) is 18.0 Å². The van der Waals surface area contributed by atoms with Gasteiger partial charge in [-0.3, -0.25) is 4.57 Å². The number of H-pyrrole nitrogens is 1. The van der Waals surface area contributed by atoms with Crippen LogP contribution in [-0.2, 0) is 6.54 Å². The molecule has 120 valence electrons. The first kappa shape index (κ1) is 15.6. The molecule has 0 fully saturated rings.